The van der Waals surface area contributed by atoms with Gasteiger partial charge < -0.3 is 25.1 Å². The summed E-state index contributed by atoms with van der Waals surface area (Å²) in [6.45, 7) is 7.77. The van der Waals surface area contributed by atoms with E-state index < -0.39 is 0 Å². The number of pyridine rings is 1. The summed E-state index contributed by atoms with van der Waals surface area (Å²) in [7, 11) is 0. The van der Waals surface area contributed by atoms with E-state index >= 15 is 0 Å². The topological polar surface area (TPSA) is 88.3 Å². The first-order valence-electron chi connectivity index (χ1n) is 12.0. The van der Waals surface area contributed by atoms with Gasteiger partial charge in [0.15, 0.2) is 0 Å². The predicted molar refractivity (Wildman–Crippen MR) is 131 cm³/mol. The average Bonchev–Trinajstić information content (AvgIpc) is 3.52. The SMILES string of the molecule is Cc1c(F)cccc1Nc1c(-c2ccncc2OC[C@H]2OCC2(C)C)[nH]c2c1C(=O)NCC21CC1. The molecule has 0 bridgehead atoms. The van der Waals surface area contributed by atoms with Crippen molar-refractivity contribution in [3.63, 3.8) is 0 Å². The molecule has 3 aromatic rings. The summed E-state index contributed by atoms with van der Waals surface area (Å²) >= 11 is 0. The number of carbonyl (C=O) groups excluding carboxylic acids is 1. The van der Waals surface area contributed by atoms with Crippen molar-refractivity contribution in [1.29, 1.82) is 0 Å². The molecule has 7 nitrogen and oxygen atoms in total. The highest BCUT2D eigenvalue weighted by Gasteiger charge is 2.52. The highest BCUT2D eigenvalue weighted by molar-refractivity contribution is 6.07. The van der Waals surface area contributed by atoms with E-state index in [-0.39, 0.29) is 28.7 Å². The zero-order chi connectivity index (χ0) is 24.4. The molecule has 1 spiro atoms. The summed E-state index contributed by atoms with van der Waals surface area (Å²) in [5, 5.41) is 6.43. The summed E-state index contributed by atoms with van der Waals surface area (Å²) in [5.74, 6) is 0.152. The van der Waals surface area contributed by atoms with Crippen LogP contribution >= 0.6 is 0 Å². The molecule has 1 aliphatic carbocycles. The van der Waals surface area contributed by atoms with Crippen LogP contribution in [-0.4, -0.2) is 41.7 Å². The van der Waals surface area contributed by atoms with Crippen LogP contribution in [0.4, 0.5) is 15.8 Å². The predicted octanol–water partition coefficient (Wildman–Crippen LogP) is 4.85. The lowest BCUT2D eigenvalue weighted by Crippen LogP contribution is -2.50. The Morgan fingerprint density at radius 3 is 2.83 bits per heavy atom. The van der Waals surface area contributed by atoms with Gasteiger partial charge in [0.25, 0.3) is 5.91 Å². The first kappa shape index (κ1) is 22.1. The summed E-state index contributed by atoms with van der Waals surface area (Å²) in [4.78, 5) is 21.0. The number of halogens is 1. The molecule has 6 rings (SSSR count). The zero-order valence-electron chi connectivity index (χ0n) is 20.1. The van der Waals surface area contributed by atoms with Gasteiger partial charge in [-0.2, -0.15) is 0 Å². The highest BCUT2D eigenvalue weighted by atomic mass is 19.1. The number of amides is 1. The van der Waals surface area contributed by atoms with E-state index in [0.29, 0.717) is 48.0 Å². The number of rotatable bonds is 6. The Morgan fingerprint density at radius 2 is 2.11 bits per heavy atom. The standard InChI is InChI=1S/C27H29FN4O3/c1-15-17(28)5-4-6-18(15)31-23-21-24(27(8-9-27)13-30-25(21)33)32-22(23)16-7-10-29-11-19(16)34-12-20-26(2,3)14-35-20/h4-7,10-11,20,31-32H,8-9,12-14H2,1-3H3,(H,30,33)/t20-/m1/s1. The third-order valence-corrected chi connectivity index (χ3v) is 7.70. The fraction of sp³-hybridized carbons (Fsp3) is 0.407. The van der Waals surface area contributed by atoms with Crippen LogP contribution in [0.1, 0.15) is 48.3 Å². The maximum atomic E-state index is 14.4. The van der Waals surface area contributed by atoms with Gasteiger partial charge >= 0.3 is 0 Å². The van der Waals surface area contributed by atoms with E-state index in [0.717, 1.165) is 29.8 Å². The van der Waals surface area contributed by atoms with Gasteiger partial charge in [0.05, 0.1) is 35.9 Å². The molecular weight excluding hydrogens is 447 g/mol. The zero-order valence-corrected chi connectivity index (χ0v) is 20.1. The smallest absolute Gasteiger partial charge is 0.255 e. The summed E-state index contributed by atoms with van der Waals surface area (Å²) < 4.78 is 26.3. The maximum Gasteiger partial charge on any atom is 0.255 e. The number of nitrogens with one attached hydrogen (secondary N) is 3. The molecule has 4 heterocycles. The average molecular weight is 477 g/mol. The molecule has 1 saturated heterocycles. The Labute approximate surface area is 203 Å². The molecule has 0 radical (unpaired) electrons. The van der Waals surface area contributed by atoms with Crippen molar-refractivity contribution in [2.75, 3.05) is 25.1 Å². The number of anilines is 2. The molecule has 2 aliphatic heterocycles. The van der Waals surface area contributed by atoms with Gasteiger partial charge in [0.2, 0.25) is 0 Å². The lowest BCUT2D eigenvalue weighted by Gasteiger charge is -2.43. The molecule has 35 heavy (non-hydrogen) atoms. The summed E-state index contributed by atoms with van der Waals surface area (Å²) in [5.41, 5.74) is 4.73. The number of carbonyl (C=O) groups is 1. The van der Waals surface area contributed by atoms with Crippen LogP contribution in [0.5, 0.6) is 5.75 Å². The Balaban J connectivity index is 1.45. The van der Waals surface area contributed by atoms with E-state index in [9.17, 15) is 9.18 Å². The molecule has 0 unspecified atom stereocenters. The number of hydrogen-bond donors (Lipinski definition) is 3. The Kier molecular flexibility index (Phi) is 4.93. The fourth-order valence-corrected chi connectivity index (χ4v) is 5.01. The molecular formula is C27H29FN4O3. The molecule has 8 heteroatoms. The molecule has 1 amide bonds. The van der Waals surface area contributed by atoms with Crippen LogP contribution in [0, 0.1) is 18.2 Å². The van der Waals surface area contributed by atoms with Crippen LogP contribution in [0.25, 0.3) is 11.3 Å². The third-order valence-electron chi connectivity index (χ3n) is 7.70. The lowest BCUT2D eigenvalue weighted by molar-refractivity contribution is -0.180. The second kappa shape index (κ2) is 7.81. The normalized spacial score (nSPS) is 21.1. The van der Waals surface area contributed by atoms with E-state index in [2.05, 4.69) is 34.4 Å². The number of nitrogens with zero attached hydrogens (tertiary/aromatic N) is 1. The fourth-order valence-electron chi connectivity index (χ4n) is 5.01. The lowest BCUT2D eigenvalue weighted by atomic mass is 9.83. The van der Waals surface area contributed by atoms with Crippen molar-refractivity contribution < 1.29 is 18.7 Å². The van der Waals surface area contributed by atoms with E-state index in [4.69, 9.17) is 9.47 Å². The van der Waals surface area contributed by atoms with Crippen molar-refractivity contribution in [2.45, 2.75) is 45.1 Å². The molecule has 3 N–H and O–H groups in total. The number of H-pyrrole nitrogens is 1. The number of aromatic amines is 1. The van der Waals surface area contributed by atoms with Gasteiger partial charge in [0, 0.05) is 46.1 Å². The van der Waals surface area contributed by atoms with E-state index in [1.54, 1.807) is 25.4 Å². The number of fused-ring (bicyclic) bond motifs is 2. The third kappa shape index (κ3) is 3.58. The van der Waals surface area contributed by atoms with Crippen molar-refractivity contribution in [3.05, 3.63) is 59.3 Å². The molecule has 2 aromatic heterocycles. The Hall–Kier alpha value is -3.39. The van der Waals surface area contributed by atoms with Crippen LogP contribution < -0.4 is 15.4 Å². The summed E-state index contributed by atoms with van der Waals surface area (Å²) in [6.07, 6.45) is 5.40. The number of ether oxygens (including phenoxy) is 2. The monoisotopic (exact) mass is 476 g/mol. The number of benzene rings is 1. The van der Waals surface area contributed by atoms with Crippen molar-refractivity contribution in [2.24, 2.45) is 5.41 Å². The molecule has 1 aromatic carbocycles. The minimum absolute atomic E-state index is 0.000420. The van der Waals surface area contributed by atoms with Crippen LogP contribution in [0.3, 0.4) is 0 Å². The minimum atomic E-state index is -0.305. The maximum absolute atomic E-state index is 14.4. The quantitative estimate of drug-likeness (QED) is 0.474. The van der Waals surface area contributed by atoms with Crippen molar-refractivity contribution >= 4 is 17.3 Å². The number of aromatic nitrogens is 2. The Morgan fingerprint density at radius 1 is 1.29 bits per heavy atom. The second-order valence-electron chi connectivity index (χ2n) is 10.6. The molecule has 1 saturated carbocycles. The van der Waals surface area contributed by atoms with Crippen molar-refractivity contribution in [3.8, 4) is 17.0 Å². The van der Waals surface area contributed by atoms with Gasteiger partial charge in [-0.3, -0.25) is 9.78 Å². The van der Waals surface area contributed by atoms with Crippen LogP contribution in [0.2, 0.25) is 0 Å². The van der Waals surface area contributed by atoms with Crippen molar-refractivity contribution in [1.82, 2.24) is 15.3 Å². The first-order valence-corrected chi connectivity index (χ1v) is 12.0. The summed E-state index contributed by atoms with van der Waals surface area (Å²) in [6, 6.07) is 6.78. The van der Waals surface area contributed by atoms with Crippen LogP contribution in [0.15, 0.2) is 36.7 Å². The van der Waals surface area contributed by atoms with Gasteiger partial charge in [-0.15, -0.1) is 0 Å². The largest absolute Gasteiger partial charge is 0.489 e. The van der Waals surface area contributed by atoms with Gasteiger partial charge in [-0.05, 0) is 38.0 Å². The molecule has 182 valence electrons. The van der Waals surface area contributed by atoms with E-state index in [1.807, 2.05) is 12.1 Å². The van der Waals surface area contributed by atoms with E-state index in [1.165, 1.54) is 6.07 Å². The van der Waals surface area contributed by atoms with Gasteiger partial charge in [0.1, 0.15) is 18.2 Å². The van der Waals surface area contributed by atoms with Crippen LogP contribution in [-0.2, 0) is 10.2 Å². The molecule has 3 aliphatic rings. The van der Waals surface area contributed by atoms with Gasteiger partial charge in [-0.1, -0.05) is 19.9 Å². The van der Waals surface area contributed by atoms with Gasteiger partial charge in [-0.25, -0.2) is 4.39 Å². The molecule has 1 atom stereocenters. The first-order chi connectivity index (χ1) is 16.8. The minimum Gasteiger partial charge on any atom is -0.489 e. The molecule has 2 fully saturated rings. The number of hydrogen-bond acceptors (Lipinski definition) is 5. The second-order valence-corrected chi connectivity index (χ2v) is 10.6. The highest BCUT2D eigenvalue weighted by Crippen LogP contribution is 2.54. The Bertz CT molecular complexity index is 1330.